The standard InChI is InChI=1S/C12H15Br2NO.ClH/c13-9-4-8(5-10(14)6-9)11(15)12(16)7-2-1-3-7;/h4-7,11-12,16H,1-3,15H2;1H/t11-,12+;/m0./s1. The van der Waals surface area contributed by atoms with Gasteiger partial charge in [0.2, 0.25) is 0 Å². The number of nitrogens with two attached hydrogens (primary N) is 1. The van der Waals surface area contributed by atoms with Crippen molar-refractivity contribution in [1.29, 1.82) is 0 Å². The van der Waals surface area contributed by atoms with Crippen LogP contribution >= 0.6 is 44.3 Å². The van der Waals surface area contributed by atoms with Gasteiger partial charge in [0.25, 0.3) is 0 Å². The SMILES string of the molecule is Cl.N[C@@H](c1cc(Br)cc(Br)c1)[C@H](O)C1CCC1. The molecule has 17 heavy (non-hydrogen) atoms. The van der Waals surface area contributed by atoms with Gasteiger partial charge in [-0.15, -0.1) is 12.4 Å². The van der Waals surface area contributed by atoms with Gasteiger partial charge in [-0.05, 0) is 42.5 Å². The van der Waals surface area contributed by atoms with Crippen LogP contribution in [0.25, 0.3) is 0 Å². The maximum atomic E-state index is 10.1. The molecule has 0 spiro atoms. The third kappa shape index (κ3) is 3.67. The summed E-state index contributed by atoms with van der Waals surface area (Å²) in [6.07, 6.45) is 3.00. The Morgan fingerprint density at radius 3 is 2.12 bits per heavy atom. The van der Waals surface area contributed by atoms with E-state index in [2.05, 4.69) is 31.9 Å². The summed E-state index contributed by atoms with van der Waals surface area (Å²) in [6, 6.07) is 5.61. The molecule has 3 N–H and O–H groups in total. The molecule has 0 amide bonds. The predicted molar refractivity (Wildman–Crippen MR) is 79.4 cm³/mol. The van der Waals surface area contributed by atoms with Crippen LogP contribution < -0.4 is 5.73 Å². The summed E-state index contributed by atoms with van der Waals surface area (Å²) in [5, 5.41) is 10.1. The average Bonchev–Trinajstić information content (AvgIpc) is 2.12. The van der Waals surface area contributed by atoms with Crippen molar-refractivity contribution in [2.45, 2.75) is 31.4 Å². The van der Waals surface area contributed by atoms with Gasteiger partial charge in [-0.1, -0.05) is 38.3 Å². The monoisotopic (exact) mass is 383 g/mol. The van der Waals surface area contributed by atoms with E-state index in [0.717, 1.165) is 27.4 Å². The summed E-state index contributed by atoms with van der Waals surface area (Å²) < 4.78 is 1.96. The number of aliphatic hydroxyl groups is 1. The van der Waals surface area contributed by atoms with Crippen molar-refractivity contribution in [3.63, 3.8) is 0 Å². The molecule has 0 saturated heterocycles. The molecule has 1 aromatic rings. The molecule has 1 aliphatic rings. The van der Waals surface area contributed by atoms with Crippen LogP contribution in [0.5, 0.6) is 0 Å². The number of halogens is 3. The third-order valence-electron chi connectivity index (χ3n) is 3.27. The number of hydrogen-bond acceptors (Lipinski definition) is 2. The molecule has 1 aliphatic carbocycles. The first kappa shape index (κ1) is 15.4. The highest BCUT2D eigenvalue weighted by Gasteiger charge is 2.30. The van der Waals surface area contributed by atoms with E-state index in [-0.39, 0.29) is 18.4 Å². The summed E-state index contributed by atoms with van der Waals surface area (Å²) in [4.78, 5) is 0. The highest BCUT2D eigenvalue weighted by molar-refractivity contribution is 9.11. The highest BCUT2D eigenvalue weighted by Crippen LogP contribution is 2.35. The van der Waals surface area contributed by atoms with E-state index in [4.69, 9.17) is 5.73 Å². The molecule has 2 rings (SSSR count). The van der Waals surface area contributed by atoms with Gasteiger partial charge in [0.1, 0.15) is 0 Å². The Bertz CT molecular complexity index is 365. The lowest BCUT2D eigenvalue weighted by atomic mass is 9.77. The normalized spacial score (nSPS) is 19.1. The molecule has 1 fully saturated rings. The smallest absolute Gasteiger partial charge is 0.0760 e. The quantitative estimate of drug-likeness (QED) is 0.831. The molecule has 0 bridgehead atoms. The van der Waals surface area contributed by atoms with Crippen molar-refractivity contribution in [2.75, 3.05) is 0 Å². The minimum Gasteiger partial charge on any atom is -0.391 e. The van der Waals surface area contributed by atoms with Crippen LogP contribution in [0.1, 0.15) is 30.9 Å². The first-order valence-electron chi connectivity index (χ1n) is 5.47. The third-order valence-corrected chi connectivity index (χ3v) is 4.19. The van der Waals surface area contributed by atoms with E-state index >= 15 is 0 Å². The van der Waals surface area contributed by atoms with Crippen LogP contribution in [0.4, 0.5) is 0 Å². The fourth-order valence-corrected chi connectivity index (χ4v) is 3.37. The Balaban J connectivity index is 0.00000144. The summed E-state index contributed by atoms with van der Waals surface area (Å²) in [5.41, 5.74) is 7.07. The van der Waals surface area contributed by atoms with Crippen molar-refractivity contribution < 1.29 is 5.11 Å². The Morgan fingerprint density at radius 1 is 1.18 bits per heavy atom. The topological polar surface area (TPSA) is 46.2 Å². The lowest BCUT2D eigenvalue weighted by molar-refractivity contribution is 0.0413. The van der Waals surface area contributed by atoms with Gasteiger partial charge in [0.05, 0.1) is 12.1 Å². The summed E-state index contributed by atoms with van der Waals surface area (Å²) >= 11 is 6.86. The van der Waals surface area contributed by atoms with Gasteiger partial charge < -0.3 is 10.8 Å². The summed E-state index contributed by atoms with van der Waals surface area (Å²) in [5.74, 6) is 0.382. The molecule has 0 heterocycles. The van der Waals surface area contributed by atoms with Crippen LogP contribution in [0.15, 0.2) is 27.1 Å². The molecular weight excluding hydrogens is 369 g/mol. The van der Waals surface area contributed by atoms with Crippen molar-refractivity contribution in [3.8, 4) is 0 Å². The fourth-order valence-electron chi connectivity index (χ4n) is 2.04. The molecule has 0 aromatic heterocycles. The second kappa shape index (κ2) is 6.53. The van der Waals surface area contributed by atoms with E-state index in [0.29, 0.717) is 5.92 Å². The van der Waals surface area contributed by atoms with Crippen molar-refractivity contribution >= 4 is 44.3 Å². The molecular formula is C12H16Br2ClNO. The highest BCUT2D eigenvalue weighted by atomic mass is 79.9. The van der Waals surface area contributed by atoms with Gasteiger partial charge in [0, 0.05) is 8.95 Å². The number of aliphatic hydroxyl groups excluding tert-OH is 1. The molecule has 0 unspecified atom stereocenters. The number of benzene rings is 1. The first-order chi connectivity index (χ1) is 7.58. The zero-order valence-corrected chi connectivity index (χ0v) is 13.3. The molecule has 0 radical (unpaired) electrons. The van der Waals surface area contributed by atoms with E-state index in [1.807, 2.05) is 18.2 Å². The van der Waals surface area contributed by atoms with Crippen LogP contribution in [0.3, 0.4) is 0 Å². The Hall–Kier alpha value is 0.390. The van der Waals surface area contributed by atoms with Gasteiger partial charge in [0.15, 0.2) is 0 Å². The largest absolute Gasteiger partial charge is 0.391 e. The molecule has 2 nitrogen and oxygen atoms in total. The van der Waals surface area contributed by atoms with E-state index in [9.17, 15) is 5.11 Å². The minimum atomic E-state index is -0.421. The van der Waals surface area contributed by atoms with Crippen LogP contribution in [0.2, 0.25) is 0 Å². The fraction of sp³-hybridized carbons (Fsp3) is 0.500. The first-order valence-corrected chi connectivity index (χ1v) is 7.06. The Labute approximate surface area is 125 Å². The number of hydrogen-bond donors (Lipinski definition) is 2. The number of rotatable bonds is 3. The van der Waals surface area contributed by atoms with Crippen molar-refractivity contribution in [1.82, 2.24) is 0 Å². The Morgan fingerprint density at radius 2 is 1.71 bits per heavy atom. The second-order valence-electron chi connectivity index (χ2n) is 4.41. The van der Waals surface area contributed by atoms with E-state index in [1.54, 1.807) is 0 Å². The molecule has 96 valence electrons. The van der Waals surface area contributed by atoms with Crippen molar-refractivity contribution in [3.05, 3.63) is 32.7 Å². The lowest BCUT2D eigenvalue weighted by Gasteiger charge is -2.33. The zero-order chi connectivity index (χ0) is 11.7. The maximum absolute atomic E-state index is 10.1. The van der Waals surface area contributed by atoms with Gasteiger partial charge in [-0.25, -0.2) is 0 Å². The van der Waals surface area contributed by atoms with E-state index in [1.165, 1.54) is 6.42 Å². The molecule has 2 atom stereocenters. The molecule has 1 aromatic carbocycles. The molecule has 0 aliphatic heterocycles. The minimum absolute atomic E-state index is 0. The zero-order valence-electron chi connectivity index (χ0n) is 9.27. The lowest BCUT2D eigenvalue weighted by Crippen LogP contribution is -2.36. The second-order valence-corrected chi connectivity index (χ2v) is 6.24. The molecule has 5 heteroatoms. The van der Waals surface area contributed by atoms with Crippen molar-refractivity contribution in [2.24, 2.45) is 11.7 Å². The van der Waals surface area contributed by atoms with Gasteiger partial charge in [-0.2, -0.15) is 0 Å². The van der Waals surface area contributed by atoms with Crippen LogP contribution in [0, 0.1) is 5.92 Å². The molecule has 1 saturated carbocycles. The van der Waals surface area contributed by atoms with Gasteiger partial charge in [-0.3, -0.25) is 0 Å². The average molecular weight is 386 g/mol. The summed E-state index contributed by atoms with van der Waals surface area (Å²) in [7, 11) is 0. The van der Waals surface area contributed by atoms with Crippen LogP contribution in [-0.4, -0.2) is 11.2 Å². The van der Waals surface area contributed by atoms with Crippen LogP contribution in [-0.2, 0) is 0 Å². The maximum Gasteiger partial charge on any atom is 0.0760 e. The predicted octanol–water partition coefficient (Wildman–Crippen LogP) is 3.79. The van der Waals surface area contributed by atoms with Gasteiger partial charge >= 0.3 is 0 Å². The summed E-state index contributed by atoms with van der Waals surface area (Å²) in [6.45, 7) is 0. The Kier molecular flexibility index (Phi) is 5.93. The van der Waals surface area contributed by atoms with E-state index < -0.39 is 6.10 Å².